The number of hydrogen-bond donors (Lipinski definition) is 2. The average molecular weight is 344 g/mol. The van der Waals surface area contributed by atoms with E-state index < -0.39 is 11.3 Å². The van der Waals surface area contributed by atoms with E-state index in [1.807, 2.05) is 23.1 Å². The molecular formula is C18H24N4O3. The lowest BCUT2D eigenvalue weighted by atomic mass is 9.87. The fraction of sp³-hybridized carbons (Fsp3) is 0.500. The Bertz CT molecular complexity index is 740. The molecular weight excluding hydrogens is 320 g/mol. The van der Waals surface area contributed by atoms with Crippen LogP contribution in [-0.2, 0) is 9.59 Å². The van der Waals surface area contributed by atoms with Crippen molar-refractivity contribution in [2.75, 3.05) is 13.1 Å². The molecule has 7 heteroatoms. The first-order chi connectivity index (χ1) is 11.9. The Hall–Kier alpha value is -2.57. The normalized spacial score (nSPS) is 16.2. The molecule has 3 heterocycles. The van der Waals surface area contributed by atoms with Gasteiger partial charge in [0.2, 0.25) is 11.8 Å². The van der Waals surface area contributed by atoms with Crippen LogP contribution in [0.25, 0.3) is 11.5 Å². The molecule has 0 bridgehead atoms. The number of H-pyrrole nitrogens is 1. The zero-order chi connectivity index (χ0) is 18.0. The number of nitrogens with one attached hydrogen (secondary N) is 1. The molecule has 7 nitrogen and oxygen atoms in total. The summed E-state index contributed by atoms with van der Waals surface area (Å²) in [5.74, 6) is 0.620. The monoisotopic (exact) mass is 344 g/mol. The van der Waals surface area contributed by atoms with E-state index in [-0.39, 0.29) is 12.3 Å². The number of rotatable bonds is 5. The lowest BCUT2D eigenvalue weighted by molar-refractivity contribution is -0.139. The molecule has 1 saturated heterocycles. The molecule has 25 heavy (non-hydrogen) atoms. The maximum atomic E-state index is 12.4. The first kappa shape index (κ1) is 17.3. The fourth-order valence-electron chi connectivity index (χ4n) is 3.11. The standard InChI is InChI=1S/C18H24N4O3/c1-18(2,17(19)24)11-16(23)22-7-5-12(6-8-22)13-10-14(21-20-13)15-4-3-9-25-15/h3-4,9-10,12H,5-8,11H2,1-2H3,(H2,19,24)(H,20,21). The second-order valence-corrected chi connectivity index (χ2v) is 7.27. The number of hydrogen-bond acceptors (Lipinski definition) is 4. The van der Waals surface area contributed by atoms with Gasteiger partial charge in [0.05, 0.1) is 11.7 Å². The quantitative estimate of drug-likeness (QED) is 0.868. The smallest absolute Gasteiger partial charge is 0.223 e. The molecule has 3 rings (SSSR count). The highest BCUT2D eigenvalue weighted by atomic mass is 16.3. The van der Waals surface area contributed by atoms with Gasteiger partial charge in [-0.3, -0.25) is 14.7 Å². The number of carbonyl (C=O) groups excluding carboxylic acids is 2. The number of nitrogens with two attached hydrogens (primary N) is 1. The lowest BCUT2D eigenvalue weighted by Gasteiger charge is -2.33. The molecule has 134 valence electrons. The van der Waals surface area contributed by atoms with E-state index in [2.05, 4.69) is 10.2 Å². The molecule has 0 aliphatic carbocycles. The van der Waals surface area contributed by atoms with Crippen LogP contribution in [0.15, 0.2) is 28.9 Å². The van der Waals surface area contributed by atoms with Gasteiger partial charge in [-0.2, -0.15) is 5.10 Å². The van der Waals surface area contributed by atoms with Gasteiger partial charge in [-0.25, -0.2) is 0 Å². The minimum atomic E-state index is -0.810. The number of piperidine rings is 1. The lowest BCUT2D eigenvalue weighted by Crippen LogP contribution is -2.42. The third-order valence-corrected chi connectivity index (χ3v) is 4.92. The minimum Gasteiger partial charge on any atom is -0.463 e. The molecule has 2 aromatic rings. The fourth-order valence-corrected chi connectivity index (χ4v) is 3.11. The summed E-state index contributed by atoms with van der Waals surface area (Å²) in [4.78, 5) is 25.6. The molecule has 1 fully saturated rings. The number of amides is 2. The van der Waals surface area contributed by atoms with Crippen LogP contribution in [0.4, 0.5) is 0 Å². The third-order valence-electron chi connectivity index (χ3n) is 4.92. The van der Waals surface area contributed by atoms with E-state index in [1.165, 1.54) is 0 Å². The number of nitrogens with zero attached hydrogens (tertiary/aromatic N) is 2. The Balaban J connectivity index is 1.57. The molecule has 2 aromatic heterocycles. The highest BCUT2D eigenvalue weighted by Gasteiger charge is 2.32. The van der Waals surface area contributed by atoms with Crippen molar-refractivity contribution in [1.29, 1.82) is 0 Å². The van der Waals surface area contributed by atoms with Gasteiger partial charge in [0.25, 0.3) is 0 Å². The zero-order valence-corrected chi connectivity index (χ0v) is 14.6. The van der Waals surface area contributed by atoms with Gasteiger partial charge >= 0.3 is 0 Å². The van der Waals surface area contributed by atoms with Crippen LogP contribution in [0, 0.1) is 5.41 Å². The Morgan fingerprint density at radius 1 is 1.40 bits per heavy atom. The highest BCUT2D eigenvalue weighted by molar-refractivity contribution is 5.87. The number of primary amides is 1. The molecule has 1 aliphatic rings. The van der Waals surface area contributed by atoms with Gasteiger partial charge < -0.3 is 15.1 Å². The second-order valence-electron chi connectivity index (χ2n) is 7.27. The summed E-state index contributed by atoms with van der Waals surface area (Å²) in [5.41, 5.74) is 6.41. The molecule has 3 N–H and O–H groups in total. The number of furan rings is 1. The van der Waals surface area contributed by atoms with Gasteiger partial charge in [0.1, 0.15) is 5.69 Å². The Kier molecular flexibility index (Phi) is 4.65. The van der Waals surface area contributed by atoms with Crippen LogP contribution in [0.2, 0.25) is 0 Å². The number of carbonyl (C=O) groups is 2. The molecule has 0 atom stereocenters. The topological polar surface area (TPSA) is 105 Å². The molecule has 0 aromatic carbocycles. The van der Waals surface area contributed by atoms with Crippen LogP contribution in [0.1, 0.15) is 44.7 Å². The van der Waals surface area contributed by atoms with E-state index >= 15 is 0 Å². The summed E-state index contributed by atoms with van der Waals surface area (Å²) in [6.07, 6.45) is 3.51. The first-order valence-electron chi connectivity index (χ1n) is 8.53. The van der Waals surface area contributed by atoms with Crippen LogP contribution in [0.3, 0.4) is 0 Å². The van der Waals surface area contributed by atoms with E-state index in [0.717, 1.165) is 30.0 Å². The Morgan fingerprint density at radius 3 is 2.72 bits per heavy atom. The third kappa shape index (κ3) is 3.75. The van der Waals surface area contributed by atoms with Gasteiger partial charge in [0, 0.05) is 31.1 Å². The zero-order valence-electron chi connectivity index (χ0n) is 14.6. The summed E-state index contributed by atoms with van der Waals surface area (Å²) < 4.78 is 5.36. The maximum absolute atomic E-state index is 12.4. The van der Waals surface area contributed by atoms with Crippen LogP contribution in [0.5, 0.6) is 0 Å². The maximum Gasteiger partial charge on any atom is 0.223 e. The van der Waals surface area contributed by atoms with E-state index in [4.69, 9.17) is 10.2 Å². The summed E-state index contributed by atoms with van der Waals surface area (Å²) >= 11 is 0. The van der Waals surface area contributed by atoms with Crippen molar-refractivity contribution in [3.63, 3.8) is 0 Å². The molecule has 0 unspecified atom stereocenters. The van der Waals surface area contributed by atoms with Gasteiger partial charge in [-0.1, -0.05) is 13.8 Å². The Labute approximate surface area is 146 Å². The number of aromatic nitrogens is 2. The van der Waals surface area contributed by atoms with Crippen molar-refractivity contribution in [2.24, 2.45) is 11.1 Å². The van der Waals surface area contributed by atoms with Crippen LogP contribution < -0.4 is 5.73 Å². The predicted molar refractivity (Wildman–Crippen MR) is 92.4 cm³/mol. The van der Waals surface area contributed by atoms with Gasteiger partial charge in [0.15, 0.2) is 5.76 Å². The van der Waals surface area contributed by atoms with E-state index in [9.17, 15) is 9.59 Å². The highest BCUT2D eigenvalue weighted by Crippen LogP contribution is 2.30. The predicted octanol–water partition coefficient (Wildman–Crippen LogP) is 2.28. The van der Waals surface area contributed by atoms with Crippen molar-refractivity contribution in [3.05, 3.63) is 30.2 Å². The summed E-state index contributed by atoms with van der Waals surface area (Å²) in [6.45, 7) is 4.77. The van der Waals surface area contributed by atoms with Gasteiger partial charge in [-0.05, 0) is 31.0 Å². The molecule has 0 spiro atoms. The van der Waals surface area contributed by atoms with Crippen LogP contribution >= 0.6 is 0 Å². The largest absolute Gasteiger partial charge is 0.463 e. The molecule has 2 amide bonds. The first-order valence-corrected chi connectivity index (χ1v) is 8.53. The van der Waals surface area contributed by atoms with Crippen LogP contribution in [-0.4, -0.2) is 40.0 Å². The van der Waals surface area contributed by atoms with E-state index in [0.29, 0.717) is 19.0 Å². The second kappa shape index (κ2) is 6.74. The van der Waals surface area contributed by atoms with Crippen molar-refractivity contribution in [1.82, 2.24) is 15.1 Å². The summed E-state index contributed by atoms with van der Waals surface area (Å²) in [7, 11) is 0. The Morgan fingerprint density at radius 2 is 2.12 bits per heavy atom. The van der Waals surface area contributed by atoms with Crippen molar-refractivity contribution in [2.45, 2.75) is 39.0 Å². The molecule has 0 saturated carbocycles. The number of aromatic amines is 1. The van der Waals surface area contributed by atoms with Gasteiger partial charge in [-0.15, -0.1) is 0 Å². The summed E-state index contributed by atoms with van der Waals surface area (Å²) in [5, 5.41) is 7.39. The molecule has 1 aliphatic heterocycles. The minimum absolute atomic E-state index is 0.0110. The summed E-state index contributed by atoms with van der Waals surface area (Å²) in [6, 6.07) is 5.72. The average Bonchev–Trinajstić information content (AvgIpc) is 3.25. The van der Waals surface area contributed by atoms with E-state index in [1.54, 1.807) is 20.1 Å². The van der Waals surface area contributed by atoms with Crippen molar-refractivity contribution < 1.29 is 14.0 Å². The molecule has 0 radical (unpaired) electrons. The van der Waals surface area contributed by atoms with Crippen molar-refractivity contribution in [3.8, 4) is 11.5 Å². The SMILES string of the molecule is CC(C)(CC(=O)N1CCC(c2cc(-c3ccco3)n[nH]2)CC1)C(N)=O. The number of likely N-dealkylation sites (tertiary alicyclic amines) is 1. The van der Waals surface area contributed by atoms with Crippen molar-refractivity contribution >= 4 is 11.8 Å².